The third-order valence-electron chi connectivity index (χ3n) is 4.32. The Morgan fingerprint density at radius 3 is 2.84 bits per heavy atom. The predicted octanol–water partition coefficient (Wildman–Crippen LogP) is 2.58. The van der Waals surface area contributed by atoms with Crippen molar-refractivity contribution in [2.24, 2.45) is 5.92 Å². The van der Waals surface area contributed by atoms with Crippen LogP contribution in [0.4, 0.5) is 5.69 Å². The monoisotopic (exact) mass is 345 g/mol. The second-order valence-corrected chi connectivity index (χ2v) is 6.00. The number of aromatic nitrogens is 2. The van der Waals surface area contributed by atoms with Crippen LogP contribution in [-0.4, -0.2) is 43.1 Å². The van der Waals surface area contributed by atoms with Gasteiger partial charge in [-0.1, -0.05) is 6.07 Å². The molecule has 0 bridgehead atoms. The molecule has 2 aromatic rings. The molecule has 1 fully saturated rings. The van der Waals surface area contributed by atoms with E-state index in [-0.39, 0.29) is 5.91 Å². The zero-order valence-electron chi connectivity index (χ0n) is 14.5. The lowest BCUT2D eigenvalue weighted by molar-refractivity contribution is 0.0601. The Morgan fingerprint density at radius 1 is 1.32 bits per heavy atom. The van der Waals surface area contributed by atoms with Gasteiger partial charge in [-0.15, -0.1) is 0 Å². The molecule has 2 heterocycles. The molecule has 1 N–H and O–H groups in total. The van der Waals surface area contributed by atoms with Gasteiger partial charge in [-0.05, 0) is 30.9 Å². The highest BCUT2D eigenvalue weighted by Gasteiger charge is 2.18. The summed E-state index contributed by atoms with van der Waals surface area (Å²) in [6.07, 6.45) is 5.59. The van der Waals surface area contributed by atoms with Gasteiger partial charge in [0.05, 0.1) is 31.7 Å². The highest BCUT2D eigenvalue weighted by molar-refractivity contribution is 6.06. The number of hydrogen-bond donors (Lipinski definition) is 1. The maximum atomic E-state index is 12.6. The first kappa shape index (κ1) is 17.3. The number of methoxy groups -OCH3 is 2. The lowest BCUT2D eigenvalue weighted by Crippen LogP contribution is -2.20. The second kappa shape index (κ2) is 8.02. The van der Waals surface area contributed by atoms with Crippen LogP contribution in [0.15, 0.2) is 30.6 Å². The minimum Gasteiger partial charge on any atom is -0.493 e. The maximum absolute atomic E-state index is 12.6. The summed E-state index contributed by atoms with van der Waals surface area (Å²) in [4.78, 5) is 12.6. The zero-order chi connectivity index (χ0) is 17.6. The van der Waals surface area contributed by atoms with E-state index in [1.54, 1.807) is 31.5 Å². The molecule has 7 nitrogen and oxygen atoms in total. The molecular formula is C18H23N3O4. The van der Waals surface area contributed by atoms with Gasteiger partial charge in [0.15, 0.2) is 11.5 Å². The van der Waals surface area contributed by atoms with E-state index in [9.17, 15) is 4.79 Å². The Labute approximate surface area is 146 Å². The van der Waals surface area contributed by atoms with Crippen LogP contribution in [-0.2, 0) is 11.3 Å². The van der Waals surface area contributed by atoms with Crippen LogP contribution in [0, 0.1) is 5.92 Å². The molecule has 0 spiro atoms. The molecule has 7 heteroatoms. The minimum atomic E-state index is -0.263. The molecule has 0 saturated carbocycles. The molecule has 1 aromatic carbocycles. The molecule has 0 unspecified atom stereocenters. The summed E-state index contributed by atoms with van der Waals surface area (Å²) in [6.45, 7) is 2.46. The number of benzene rings is 1. The number of ether oxygens (including phenoxy) is 3. The van der Waals surface area contributed by atoms with Gasteiger partial charge in [-0.3, -0.25) is 9.48 Å². The molecule has 0 atom stereocenters. The Hall–Kier alpha value is -2.54. The lowest BCUT2D eigenvalue weighted by Gasteiger charge is -2.21. The van der Waals surface area contributed by atoms with Crippen molar-refractivity contribution in [1.82, 2.24) is 9.78 Å². The number of hydrogen-bond acceptors (Lipinski definition) is 5. The van der Waals surface area contributed by atoms with Crippen LogP contribution in [0.1, 0.15) is 23.2 Å². The highest BCUT2D eigenvalue weighted by Crippen LogP contribution is 2.31. The third kappa shape index (κ3) is 4.11. The molecule has 0 radical (unpaired) electrons. The zero-order valence-corrected chi connectivity index (χ0v) is 14.5. The fraction of sp³-hybridized carbons (Fsp3) is 0.444. The number of amides is 1. The van der Waals surface area contributed by atoms with Crippen molar-refractivity contribution < 1.29 is 19.0 Å². The first-order valence-electron chi connectivity index (χ1n) is 8.33. The Balaban J connectivity index is 1.67. The molecule has 25 heavy (non-hydrogen) atoms. The molecule has 3 rings (SSSR count). The molecule has 1 aromatic heterocycles. The van der Waals surface area contributed by atoms with E-state index in [1.165, 1.54) is 7.11 Å². The summed E-state index contributed by atoms with van der Waals surface area (Å²) in [5, 5.41) is 7.20. The summed E-state index contributed by atoms with van der Waals surface area (Å²) in [7, 11) is 3.06. The van der Waals surface area contributed by atoms with Crippen molar-refractivity contribution in [3.63, 3.8) is 0 Å². The van der Waals surface area contributed by atoms with Crippen molar-refractivity contribution >= 4 is 11.6 Å². The fourth-order valence-electron chi connectivity index (χ4n) is 2.99. The van der Waals surface area contributed by atoms with Crippen molar-refractivity contribution in [3.8, 4) is 11.5 Å². The fourth-order valence-corrected chi connectivity index (χ4v) is 2.99. The van der Waals surface area contributed by atoms with E-state index >= 15 is 0 Å². The Morgan fingerprint density at radius 2 is 2.12 bits per heavy atom. The number of rotatable bonds is 6. The number of carbonyl (C=O) groups is 1. The average molecular weight is 345 g/mol. The van der Waals surface area contributed by atoms with Crippen LogP contribution in [0.5, 0.6) is 11.5 Å². The number of carbonyl (C=O) groups excluding carboxylic acids is 1. The summed E-state index contributed by atoms with van der Waals surface area (Å²) < 4.78 is 17.8. The van der Waals surface area contributed by atoms with E-state index in [2.05, 4.69) is 10.4 Å². The van der Waals surface area contributed by atoms with Crippen LogP contribution in [0.3, 0.4) is 0 Å². The summed E-state index contributed by atoms with van der Waals surface area (Å²) in [5.41, 5.74) is 1.07. The molecule has 1 saturated heterocycles. The van der Waals surface area contributed by atoms with Crippen LogP contribution >= 0.6 is 0 Å². The number of anilines is 1. The summed E-state index contributed by atoms with van der Waals surface area (Å²) in [5.74, 6) is 1.24. The van der Waals surface area contributed by atoms with Crippen molar-refractivity contribution in [2.45, 2.75) is 19.4 Å². The van der Waals surface area contributed by atoms with Crippen molar-refractivity contribution in [1.29, 1.82) is 0 Å². The molecule has 134 valence electrons. The molecule has 0 aliphatic carbocycles. The number of nitrogens with zero attached hydrogens (tertiary/aromatic N) is 2. The van der Waals surface area contributed by atoms with Crippen LogP contribution < -0.4 is 14.8 Å². The maximum Gasteiger partial charge on any atom is 0.259 e. The molecule has 1 aliphatic heterocycles. The third-order valence-corrected chi connectivity index (χ3v) is 4.32. The SMILES string of the molecule is COc1cccc(C(=O)Nc2cnn(CC3CCOCC3)c2)c1OC. The Kier molecular flexibility index (Phi) is 5.55. The first-order chi connectivity index (χ1) is 12.2. The lowest BCUT2D eigenvalue weighted by atomic mass is 10.0. The van der Waals surface area contributed by atoms with Gasteiger partial charge in [0.2, 0.25) is 0 Å². The van der Waals surface area contributed by atoms with Gasteiger partial charge in [-0.2, -0.15) is 5.10 Å². The van der Waals surface area contributed by atoms with Crippen molar-refractivity contribution in [3.05, 3.63) is 36.2 Å². The number of para-hydroxylation sites is 1. The van der Waals surface area contributed by atoms with Gasteiger partial charge in [0.25, 0.3) is 5.91 Å². The topological polar surface area (TPSA) is 74.6 Å². The van der Waals surface area contributed by atoms with Crippen LogP contribution in [0.25, 0.3) is 0 Å². The quantitative estimate of drug-likeness (QED) is 0.871. The van der Waals surface area contributed by atoms with Gasteiger partial charge in [0, 0.05) is 26.0 Å². The first-order valence-corrected chi connectivity index (χ1v) is 8.33. The predicted molar refractivity (Wildman–Crippen MR) is 93.3 cm³/mol. The summed E-state index contributed by atoms with van der Waals surface area (Å²) in [6, 6.07) is 5.20. The van der Waals surface area contributed by atoms with Gasteiger partial charge in [-0.25, -0.2) is 0 Å². The molecular weight excluding hydrogens is 322 g/mol. The van der Waals surface area contributed by atoms with Gasteiger partial charge >= 0.3 is 0 Å². The largest absolute Gasteiger partial charge is 0.493 e. The van der Waals surface area contributed by atoms with E-state index in [1.807, 2.05) is 10.9 Å². The van der Waals surface area contributed by atoms with Gasteiger partial charge < -0.3 is 19.5 Å². The number of nitrogens with one attached hydrogen (secondary N) is 1. The highest BCUT2D eigenvalue weighted by atomic mass is 16.5. The molecule has 1 aliphatic rings. The minimum absolute atomic E-state index is 0.263. The molecule has 1 amide bonds. The van der Waals surface area contributed by atoms with E-state index in [4.69, 9.17) is 14.2 Å². The second-order valence-electron chi connectivity index (χ2n) is 6.00. The smallest absolute Gasteiger partial charge is 0.259 e. The standard InChI is InChI=1S/C18H23N3O4/c1-23-16-5-3-4-15(17(16)24-2)18(22)20-14-10-19-21(12-14)11-13-6-8-25-9-7-13/h3-5,10,12-13H,6-9,11H2,1-2H3,(H,20,22). The van der Waals surface area contributed by atoms with E-state index in [0.29, 0.717) is 28.7 Å². The van der Waals surface area contributed by atoms with Gasteiger partial charge in [0.1, 0.15) is 0 Å². The Bertz CT molecular complexity index is 723. The normalized spacial score (nSPS) is 15.0. The summed E-state index contributed by atoms with van der Waals surface area (Å²) >= 11 is 0. The van der Waals surface area contributed by atoms with Crippen LogP contribution in [0.2, 0.25) is 0 Å². The average Bonchev–Trinajstić information content (AvgIpc) is 3.08. The van der Waals surface area contributed by atoms with E-state index in [0.717, 1.165) is 32.6 Å². The van der Waals surface area contributed by atoms with E-state index < -0.39 is 0 Å². The van der Waals surface area contributed by atoms with Crippen molar-refractivity contribution in [2.75, 3.05) is 32.8 Å².